The molecule has 0 bridgehead atoms. The molecule has 0 aromatic heterocycles. The van der Waals surface area contributed by atoms with Gasteiger partial charge in [0.25, 0.3) is 0 Å². The number of amides is 3. The Kier molecular flexibility index (Phi) is 7.60. The van der Waals surface area contributed by atoms with Crippen LogP contribution in [0.25, 0.3) is 12.7 Å². The van der Waals surface area contributed by atoms with Gasteiger partial charge in [-0.3, -0.25) is 14.4 Å². The molecule has 4 rings (SSSR count). The van der Waals surface area contributed by atoms with Crippen molar-refractivity contribution in [3.05, 3.63) is 94.5 Å². The fourth-order valence-electron chi connectivity index (χ4n) is 4.71. The van der Waals surface area contributed by atoms with Crippen molar-refractivity contribution < 1.29 is 14.4 Å². The lowest BCUT2D eigenvalue weighted by Gasteiger charge is -2.29. The minimum absolute atomic E-state index is 0.102. The van der Waals surface area contributed by atoms with Gasteiger partial charge in [0.2, 0.25) is 17.7 Å². The van der Waals surface area contributed by atoms with Crippen molar-refractivity contribution in [2.45, 2.75) is 37.6 Å². The van der Waals surface area contributed by atoms with E-state index < -0.39 is 0 Å². The van der Waals surface area contributed by atoms with Crippen LogP contribution in [0.4, 0.5) is 0 Å². The number of hydrogen-bond acceptors (Lipinski definition) is 3. The number of hydrogen-bond donors (Lipinski definition) is 2. The van der Waals surface area contributed by atoms with E-state index in [0.29, 0.717) is 17.2 Å². The van der Waals surface area contributed by atoms with Gasteiger partial charge in [-0.1, -0.05) is 67.8 Å². The molecule has 0 saturated heterocycles. The van der Waals surface area contributed by atoms with E-state index in [4.69, 9.17) is 0 Å². The molecule has 1 aliphatic carbocycles. The first kappa shape index (κ1) is 24.2. The Hall–Kier alpha value is -3.93. The summed E-state index contributed by atoms with van der Waals surface area (Å²) in [6, 6.07) is 18.1. The van der Waals surface area contributed by atoms with Crippen LogP contribution in [0, 0.1) is 0 Å². The van der Waals surface area contributed by atoms with Crippen LogP contribution in [0.2, 0.25) is 0 Å². The molecule has 6 nitrogen and oxygen atoms in total. The second-order valence-electron chi connectivity index (χ2n) is 9.21. The zero-order valence-corrected chi connectivity index (χ0v) is 19.8. The van der Waals surface area contributed by atoms with E-state index in [1.54, 1.807) is 6.08 Å². The van der Waals surface area contributed by atoms with Gasteiger partial charge < -0.3 is 15.5 Å². The summed E-state index contributed by atoms with van der Waals surface area (Å²) in [6.45, 7) is 7.78. The van der Waals surface area contributed by atoms with Crippen molar-refractivity contribution in [1.82, 2.24) is 15.5 Å². The fourth-order valence-corrected chi connectivity index (χ4v) is 4.71. The zero-order valence-electron chi connectivity index (χ0n) is 19.8. The molecule has 0 atom stereocenters. The molecule has 180 valence electrons. The van der Waals surface area contributed by atoms with Crippen LogP contribution in [0.5, 0.6) is 0 Å². The van der Waals surface area contributed by atoms with Crippen molar-refractivity contribution in [3.8, 4) is 0 Å². The summed E-state index contributed by atoms with van der Waals surface area (Å²) in [4.78, 5) is 39.0. The second kappa shape index (κ2) is 11.0. The van der Waals surface area contributed by atoms with Crippen molar-refractivity contribution in [2.24, 2.45) is 0 Å². The van der Waals surface area contributed by atoms with Gasteiger partial charge in [-0.25, -0.2) is 0 Å². The summed E-state index contributed by atoms with van der Waals surface area (Å²) in [5.41, 5.74) is 2.16. The lowest BCUT2D eigenvalue weighted by Crippen LogP contribution is -2.41. The highest BCUT2D eigenvalue weighted by molar-refractivity contribution is 6.05. The third-order valence-electron chi connectivity index (χ3n) is 6.61. The Labute approximate surface area is 205 Å². The minimum Gasteiger partial charge on any atom is -0.350 e. The maximum absolute atomic E-state index is 12.8. The van der Waals surface area contributed by atoms with Gasteiger partial charge in [0, 0.05) is 23.4 Å². The molecule has 2 aromatic carbocycles. The minimum atomic E-state index is -0.365. The third kappa shape index (κ3) is 6.35. The van der Waals surface area contributed by atoms with Crippen LogP contribution in [-0.2, 0) is 14.4 Å². The molecule has 0 unspecified atom stereocenters. The van der Waals surface area contributed by atoms with E-state index in [0.717, 1.165) is 36.1 Å². The van der Waals surface area contributed by atoms with Crippen molar-refractivity contribution in [3.63, 3.8) is 0 Å². The maximum atomic E-state index is 12.8. The number of allylic oxidation sites excluding steroid dienone is 1. The van der Waals surface area contributed by atoms with E-state index in [9.17, 15) is 14.4 Å². The van der Waals surface area contributed by atoms with E-state index in [1.165, 1.54) is 16.5 Å². The van der Waals surface area contributed by atoms with E-state index in [1.807, 2.05) is 30.3 Å². The van der Waals surface area contributed by atoms with Gasteiger partial charge in [0.1, 0.15) is 6.54 Å². The first-order chi connectivity index (χ1) is 16.9. The zero-order chi connectivity index (χ0) is 24.8. The molecule has 3 amide bonds. The van der Waals surface area contributed by atoms with Crippen molar-refractivity contribution >= 4 is 30.4 Å². The van der Waals surface area contributed by atoms with Gasteiger partial charge >= 0.3 is 0 Å². The number of benzene rings is 2. The first-order valence-corrected chi connectivity index (χ1v) is 12.0. The van der Waals surface area contributed by atoms with Crippen LogP contribution >= 0.6 is 0 Å². The van der Waals surface area contributed by atoms with E-state index in [2.05, 4.69) is 48.1 Å². The molecule has 1 saturated carbocycles. The van der Waals surface area contributed by atoms with E-state index in [-0.39, 0.29) is 36.9 Å². The highest BCUT2D eigenvalue weighted by Crippen LogP contribution is 2.32. The van der Waals surface area contributed by atoms with Crippen LogP contribution in [0.15, 0.2) is 78.5 Å². The molecule has 2 aliphatic rings. The molecular formula is C29H31N3O3. The summed E-state index contributed by atoms with van der Waals surface area (Å²) in [5, 5.41) is 7.46. The molecule has 2 N–H and O–H groups in total. The molecule has 35 heavy (non-hydrogen) atoms. The molecule has 1 aliphatic heterocycles. The number of nitrogens with zero attached hydrogens (tertiary/aromatic N) is 1. The molecule has 0 spiro atoms. The molecule has 1 fully saturated rings. The standard InChI is InChI=1S/C29H31N3O3/c1-20-8-6-7-11-24(20)16-21(2)30-27(33)19-32-18-25(17-28(32)34)29(35)31-26-14-12-23(13-15-26)22-9-4-3-5-10-22/h3-11,16-17,23,26H,1-2,12-15,18-19H2,(H,30,33)(H,31,35)/b24-16-. The first-order valence-electron chi connectivity index (χ1n) is 12.0. The molecular weight excluding hydrogens is 438 g/mol. The third-order valence-corrected chi connectivity index (χ3v) is 6.61. The molecule has 0 radical (unpaired) electrons. The lowest BCUT2D eigenvalue weighted by molar-refractivity contribution is -0.130. The van der Waals surface area contributed by atoms with Crippen LogP contribution in [0.1, 0.15) is 37.2 Å². The highest BCUT2D eigenvalue weighted by atomic mass is 16.2. The summed E-state index contributed by atoms with van der Waals surface area (Å²) >= 11 is 0. The normalized spacial score (nSPS) is 20.3. The highest BCUT2D eigenvalue weighted by Gasteiger charge is 2.29. The fraction of sp³-hybridized carbons (Fsp3) is 0.276. The predicted octanol–water partition coefficient (Wildman–Crippen LogP) is 2.12. The predicted molar refractivity (Wildman–Crippen MR) is 137 cm³/mol. The average molecular weight is 470 g/mol. The smallest absolute Gasteiger partial charge is 0.249 e. The Bertz CT molecular complexity index is 1260. The largest absolute Gasteiger partial charge is 0.350 e. The molecule has 2 aromatic rings. The van der Waals surface area contributed by atoms with Gasteiger partial charge in [-0.2, -0.15) is 0 Å². The summed E-state index contributed by atoms with van der Waals surface area (Å²) in [7, 11) is 0. The van der Waals surface area contributed by atoms with Crippen LogP contribution in [0.3, 0.4) is 0 Å². The Balaban J connectivity index is 1.24. The quantitative estimate of drug-likeness (QED) is 0.652. The van der Waals surface area contributed by atoms with Crippen LogP contribution < -0.4 is 21.1 Å². The average Bonchev–Trinajstić information content (AvgIpc) is 3.21. The summed E-state index contributed by atoms with van der Waals surface area (Å²) in [6.07, 6.45) is 6.94. The van der Waals surface area contributed by atoms with Gasteiger partial charge in [0.15, 0.2) is 0 Å². The van der Waals surface area contributed by atoms with Crippen molar-refractivity contribution in [1.29, 1.82) is 0 Å². The number of carbonyl (C=O) groups excluding carboxylic acids is 3. The topological polar surface area (TPSA) is 78.5 Å². The maximum Gasteiger partial charge on any atom is 0.249 e. The Morgan fingerprint density at radius 1 is 1.00 bits per heavy atom. The molecule has 6 heteroatoms. The van der Waals surface area contributed by atoms with Gasteiger partial charge in [0.05, 0.1) is 6.54 Å². The number of carbonyl (C=O) groups is 3. The number of rotatable bonds is 7. The Morgan fingerprint density at radius 3 is 2.40 bits per heavy atom. The van der Waals surface area contributed by atoms with Crippen LogP contribution in [-0.4, -0.2) is 41.8 Å². The molecule has 1 heterocycles. The number of nitrogens with one attached hydrogen (secondary N) is 2. The monoisotopic (exact) mass is 469 g/mol. The lowest BCUT2D eigenvalue weighted by atomic mass is 9.82. The Morgan fingerprint density at radius 2 is 1.69 bits per heavy atom. The van der Waals surface area contributed by atoms with E-state index >= 15 is 0 Å². The van der Waals surface area contributed by atoms with Gasteiger partial charge in [-0.05, 0) is 53.7 Å². The summed E-state index contributed by atoms with van der Waals surface area (Å²) in [5.74, 6) is -0.403. The van der Waals surface area contributed by atoms with Gasteiger partial charge in [-0.15, -0.1) is 0 Å². The SMILES string of the molecule is C=C(/C=c1/ccccc1=C)NC(=O)CN1CC(C(=O)NC2CCC(c3ccccc3)CC2)=CC1=O. The van der Waals surface area contributed by atoms with Crippen molar-refractivity contribution in [2.75, 3.05) is 13.1 Å². The second-order valence-corrected chi connectivity index (χ2v) is 9.21. The summed E-state index contributed by atoms with van der Waals surface area (Å²) < 4.78 is 0.